The topological polar surface area (TPSA) is 101 Å². The molecule has 0 radical (unpaired) electrons. The van der Waals surface area contributed by atoms with Gasteiger partial charge in [0.2, 0.25) is 0 Å². The number of carbonyl (C=O) groups is 1. The summed E-state index contributed by atoms with van der Waals surface area (Å²) in [6, 6.07) is 20.5. The number of ether oxygens (including phenoxy) is 2. The molecule has 1 aliphatic rings. The number of aliphatic imine (C=N–C) groups is 1. The summed E-state index contributed by atoms with van der Waals surface area (Å²) >= 11 is 2.26. The van der Waals surface area contributed by atoms with Crippen molar-refractivity contribution in [1.29, 1.82) is 0 Å². The Balaban J connectivity index is 1.77. The predicted molar refractivity (Wildman–Crippen MR) is 157 cm³/mol. The van der Waals surface area contributed by atoms with Gasteiger partial charge in [0.05, 0.1) is 13.7 Å². The minimum atomic E-state index is -3.90. The van der Waals surface area contributed by atoms with Gasteiger partial charge in [0.1, 0.15) is 15.4 Å². The van der Waals surface area contributed by atoms with E-state index >= 15 is 0 Å². The monoisotopic (exact) mass is 650 g/mol. The molecule has 0 aromatic heterocycles. The van der Waals surface area contributed by atoms with Crippen molar-refractivity contribution in [1.82, 2.24) is 13.9 Å². The van der Waals surface area contributed by atoms with Gasteiger partial charge in [-0.1, -0.05) is 43.3 Å². The first-order valence-corrected chi connectivity index (χ1v) is 14.8. The second kappa shape index (κ2) is 11.5. The lowest BCUT2D eigenvalue weighted by Crippen LogP contribution is -2.47. The SMILES string of the molecule is CCC(I)Oc1ccc2ccc(C3(CNC(=O)c4ccccc4)CN(S(=O)(=O)N(C)C)C(OC)=N3)cc2c1. The molecule has 202 valence electrons. The van der Waals surface area contributed by atoms with E-state index in [-0.39, 0.29) is 29.1 Å². The molecule has 1 amide bonds. The number of hydrogen-bond donors (Lipinski definition) is 1. The fraction of sp³-hybridized carbons (Fsp3) is 0.333. The molecule has 2 unspecified atom stereocenters. The van der Waals surface area contributed by atoms with Gasteiger partial charge < -0.3 is 14.8 Å². The van der Waals surface area contributed by atoms with E-state index in [1.165, 1.54) is 21.2 Å². The van der Waals surface area contributed by atoms with Crippen molar-refractivity contribution in [3.8, 4) is 5.75 Å². The molecule has 2 atom stereocenters. The zero-order chi connectivity index (χ0) is 27.5. The smallest absolute Gasteiger partial charge is 0.307 e. The fourth-order valence-electron chi connectivity index (χ4n) is 4.19. The van der Waals surface area contributed by atoms with Crippen LogP contribution in [0.25, 0.3) is 10.8 Å². The maximum absolute atomic E-state index is 13.2. The standard InChI is InChI=1S/C27H31IN4O5S/c1-5-24(28)37-23-14-12-19-11-13-22(15-21(19)16-23)27(17-29-25(33)20-9-7-6-8-10-20)18-32(26(30-27)36-4)38(34,35)31(2)3/h6-16,24H,5,17-18H2,1-4H3,(H,29,33). The van der Waals surface area contributed by atoms with Crippen LogP contribution in [0, 0.1) is 0 Å². The zero-order valence-corrected chi connectivity index (χ0v) is 24.7. The van der Waals surface area contributed by atoms with Crippen molar-refractivity contribution in [2.45, 2.75) is 23.0 Å². The summed E-state index contributed by atoms with van der Waals surface area (Å²) in [4.78, 5) is 17.7. The van der Waals surface area contributed by atoms with E-state index in [9.17, 15) is 13.2 Å². The highest BCUT2D eigenvalue weighted by molar-refractivity contribution is 14.1. The molecule has 11 heteroatoms. The van der Waals surface area contributed by atoms with Crippen molar-refractivity contribution in [3.05, 3.63) is 77.9 Å². The number of hydrogen-bond acceptors (Lipinski definition) is 6. The molecule has 0 aliphatic carbocycles. The van der Waals surface area contributed by atoms with Gasteiger partial charge in [-0.3, -0.25) is 4.79 Å². The van der Waals surface area contributed by atoms with Gasteiger partial charge in [-0.05, 0) is 75.7 Å². The first kappa shape index (κ1) is 28.1. The number of carbonyl (C=O) groups excluding carboxylic acids is 1. The third-order valence-corrected chi connectivity index (χ3v) is 9.26. The summed E-state index contributed by atoms with van der Waals surface area (Å²) in [7, 11) is 0.392. The molecule has 0 spiro atoms. The van der Waals surface area contributed by atoms with Crippen molar-refractivity contribution < 1.29 is 22.7 Å². The maximum atomic E-state index is 13.2. The molecule has 0 saturated carbocycles. The van der Waals surface area contributed by atoms with Crippen LogP contribution in [0.2, 0.25) is 0 Å². The van der Waals surface area contributed by atoms with Gasteiger partial charge in [-0.2, -0.15) is 12.7 Å². The lowest BCUT2D eigenvalue weighted by atomic mass is 9.89. The summed E-state index contributed by atoms with van der Waals surface area (Å²) in [5.74, 6) is 0.462. The highest BCUT2D eigenvalue weighted by atomic mass is 127. The summed E-state index contributed by atoms with van der Waals surface area (Å²) in [5.41, 5.74) is 0.112. The molecular weight excluding hydrogens is 619 g/mol. The summed E-state index contributed by atoms with van der Waals surface area (Å²) < 4.78 is 40.0. The van der Waals surface area contributed by atoms with Crippen LogP contribution in [-0.4, -0.2) is 67.4 Å². The Morgan fingerprint density at radius 2 is 1.84 bits per heavy atom. The second-order valence-electron chi connectivity index (χ2n) is 9.14. The van der Waals surface area contributed by atoms with Gasteiger partial charge in [0.15, 0.2) is 0 Å². The molecule has 1 heterocycles. The third kappa shape index (κ3) is 5.74. The average Bonchev–Trinajstić information content (AvgIpc) is 3.32. The van der Waals surface area contributed by atoms with Crippen molar-refractivity contribution in [3.63, 3.8) is 0 Å². The Hall–Kier alpha value is -2.90. The molecule has 3 aromatic rings. The van der Waals surface area contributed by atoms with E-state index in [0.29, 0.717) is 5.56 Å². The van der Waals surface area contributed by atoms with E-state index in [1.54, 1.807) is 24.3 Å². The molecule has 0 saturated heterocycles. The number of fused-ring (bicyclic) bond motifs is 1. The molecule has 38 heavy (non-hydrogen) atoms. The van der Waals surface area contributed by atoms with Crippen molar-refractivity contribution in [2.24, 2.45) is 4.99 Å². The van der Waals surface area contributed by atoms with E-state index in [1.807, 2.05) is 42.5 Å². The number of nitrogens with zero attached hydrogens (tertiary/aromatic N) is 3. The largest absolute Gasteiger partial charge is 0.480 e. The van der Waals surface area contributed by atoms with Crippen LogP contribution in [0.1, 0.15) is 29.3 Å². The molecule has 3 aromatic carbocycles. The van der Waals surface area contributed by atoms with Gasteiger partial charge in [-0.25, -0.2) is 9.30 Å². The predicted octanol–water partition coefficient (Wildman–Crippen LogP) is 4.14. The summed E-state index contributed by atoms with van der Waals surface area (Å²) in [6.07, 6.45) is 0.869. The second-order valence-corrected chi connectivity index (χ2v) is 12.6. The number of methoxy groups -OCH3 is 1. The normalized spacial score (nSPS) is 18.4. The number of amidine groups is 1. The fourth-order valence-corrected chi connectivity index (χ4v) is 5.57. The Labute approximate surface area is 237 Å². The van der Waals surface area contributed by atoms with Crippen LogP contribution in [0.5, 0.6) is 5.75 Å². The quantitative estimate of drug-likeness (QED) is 0.277. The number of amides is 1. The summed E-state index contributed by atoms with van der Waals surface area (Å²) in [6.45, 7) is 2.07. The summed E-state index contributed by atoms with van der Waals surface area (Å²) in [5, 5.41) is 4.87. The van der Waals surface area contributed by atoms with Gasteiger partial charge >= 0.3 is 16.2 Å². The molecular formula is C27H31IN4O5S. The van der Waals surface area contributed by atoms with Crippen molar-refractivity contribution in [2.75, 3.05) is 34.3 Å². The van der Waals surface area contributed by atoms with E-state index in [2.05, 4.69) is 34.8 Å². The molecule has 9 nitrogen and oxygen atoms in total. The van der Waals surface area contributed by atoms with Gasteiger partial charge in [-0.15, -0.1) is 0 Å². The van der Waals surface area contributed by atoms with E-state index in [0.717, 1.165) is 37.1 Å². The third-order valence-electron chi connectivity index (χ3n) is 6.36. The van der Waals surface area contributed by atoms with E-state index in [4.69, 9.17) is 14.5 Å². The number of rotatable bonds is 9. The lowest BCUT2D eigenvalue weighted by molar-refractivity contribution is 0.0943. The van der Waals surface area contributed by atoms with Gasteiger partial charge in [0, 0.05) is 26.2 Å². The van der Waals surface area contributed by atoms with Crippen LogP contribution < -0.4 is 10.1 Å². The molecule has 4 rings (SSSR count). The highest BCUT2D eigenvalue weighted by Crippen LogP contribution is 2.36. The molecule has 0 fully saturated rings. The van der Waals surface area contributed by atoms with Crippen LogP contribution in [-0.2, 0) is 20.5 Å². The number of halogens is 1. The highest BCUT2D eigenvalue weighted by Gasteiger charge is 2.47. The Bertz CT molecular complexity index is 1450. The first-order valence-electron chi connectivity index (χ1n) is 12.1. The number of benzene rings is 3. The number of nitrogens with one attached hydrogen (secondary N) is 1. The maximum Gasteiger partial charge on any atom is 0.307 e. The van der Waals surface area contributed by atoms with Crippen LogP contribution >= 0.6 is 22.6 Å². The van der Waals surface area contributed by atoms with Crippen molar-refractivity contribution >= 4 is 55.5 Å². The van der Waals surface area contributed by atoms with Crippen LogP contribution in [0.15, 0.2) is 71.7 Å². The van der Waals surface area contributed by atoms with Crippen LogP contribution in [0.4, 0.5) is 0 Å². The number of alkyl halides is 1. The Kier molecular flexibility index (Phi) is 8.48. The molecule has 1 aliphatic heterocycles. The molecule has 0 bridgehead atoms. The zero-order valence-electron chi connectivity index (χ0n) is 21.7. The lowest BCUT2D eigenvalue weighted by Gasteiger charge is -2.29. The minimum Gasteiger partial charge on any atom is -0.480 e. The Morgan fingerprint density at radius 1 is 1.13 bits per heavy atom. The van der Waals surface area contributed by atoms with Gasteiger partial charge in [0.25, 0.3) is 5.91 Å². The van der Waals surface area contributed by atoms with Crippen LogP contribution in [0.3, 0.4) is 0 Å². The van der Waals surface area contributed by atoms with E-state index < -0.39 is 15.7 Å². The minimum absolute atomic E-state index is 0.0412. The first-order chi connectivity index (χ1) is 18.1. The Morgan fingerprint density at radius 3 is 2.50 bits per heavy atom. The average molecular weight is 651 g/mol. The molecule has 1 N–H and O–H groups in total.